The van der Waals surface area contributed by atoms with Crippen LogP contribution in [0.2, 0.25) is 0 Å². The molecule has 0 heterocycles. The minimum Gasteiger partial charge on any atom is -0.314 e. The first-order valence-electron chi connectivity index (χ1n) is 6.28. The molecule has 84 valence electrons. The fourth-order valence-electron chi connectivity index (χ4n) is 2.46. The van der Waals surface area contributed by atoms with E-state index in [4.69, 9.17) is 0 Å². The summed E-state index contributed by atoms with van der Waals surface area (Å²) < 4.78 is 0. The number of hydrogen-bond acceptors (Lipinski definition) is 1. The van der Waals surface area contributed by atoms with Crippen molar-refractivity contribution in [1.82, 2.24) is 5.32 Å². The highest BCUT2D eigenvalue weighted by Crippen LogP contribution is 2.39. The summed E-state index contributed by atoms with van der Waals surface area (Å²) in [6, 6.07) is 0.728. The fraction of sp³-hybridized carbons (Fsp3) is 1.00. The Labute approximate surface area is 89.7 Å². The Balaban J connectivity index is 2.27. The van der Waals surface area contributed by atoms with Gasteiger partial charge < -0.3 is 5.32 Å². The highest BCUT2D eigenvalue weighted by atomic mass is 14.9. The van der Waals surface area contributed by atoms with Gasteiger partial charge in [0.25, 0.3) is 0 Å². The van der Waals surface area contributed by atoms with Crippen LogP contribution in [-0.4, -0.2) is 12.6 Å². The molecule has 1 aliphatic carbocycles. The van der Waals surface area contributed by atoms with Crippen molar-refractivity contribution >= 4 is 0 Å². The molecule has 0 radical (unpaired) electrons. The highest BCUT2D eigenvalue weighted by Gasteiger charge is 2.29. The van der Waals surface area contributed by atoms with Crippen molar-refractivity contribution < 1.29 is 0 Å². The monoisotopic (exact) mass is 197 g/mol. The van der Waals surface area contributed by atoms with Gasteiger partial charge in [0.15, 0.2) is 0 Å². The van der Waals surface area contributed by atoms with Gasteiger partial charge in [0.05, 0.1) is 0 Å². The molecular weight excluding hydrogens is 170 g/mol. The molecule has 1 saturated carbocycles. The molecule has 0 aromatic carbocycles. The quantitative estimate of drug-likeness (QED) is 0.726. The van der Waals surface area contributed by atoms with Crippen molar-refractivity contribution in [3.8, 4) is 0 Å². The lowest BCUT2D eigenvalue weighted by Crippen LogP contribution is -2.37. The van der Waals surface area contributed by atoms with Crippen LogP contribution in [0.5, 0.6) is 0 Å². The van der Waals surface area contributed by atoms with Gasteiger partial charge in [-0.15, -0.1) is 0 Å². The summed E-state index contributed by atoms with van der Waals surface area (Å²) >= 11 is 0. The van der Waals surface area contributed by atoms with Crippen LogP contribution >= 0.6 is 0 Å². The van der Waals surface area contributed by atoms with Crippen LogP contribution in [0.15, 0.2) is 0 Å². The lowest BCUT2D eigenvalue weighted by Gasteiger charge is -2.37. The maximum Gasteiger partial charge on any atom is 0.00670 e. The summed E-state index contributed by atoms with van der Waals surface area (Å²) in [5, 5.41) is 3.63. The number of hydrogen-bond donors (Lipinski definition) is 1. The van der Waals surface area contributed by atoms with E-state index in [-0.39, 0.29) is 0 Å². The molecule has 14 heavy (non-hydrogen) atoms. The molecule has 0 aliphatic heterocycles. The molecule has 0 saturated heterocycles. The molecule has 0 spiro atoms. The van der Waals surface area contributed by atoms with E-state index in [1.54, 1.807) is 0 Å². The van der Waals surface area contributed by atoms with Gasteiger partial charge >= 0.3 is 0 Å². The van der Waals surface area contributed by atoms with Crippen LogP contribution in [0.1, 0.15) is 59.8 Å². The zero-order chi connectivity index (χ0) is 10.6. The third-order valence-corrected chi connectivity index (χ3v) is 3.81. The minimum absolute atomic E-state index is 0.612. The first-order valence-corrected chi connectivity index (χ1v) is 6.28. The maximum absolute atomic E-state index is 3.63. The van der Waals surface area contributed by atoms with E-state index >= 15 is 0 Å². The Morgan fingerprint density at radius 3 is 2.36 bits per heavy atom. The van der Waals surface area contributed by atoms with Crippen LogP contribution < -0.4 is 5.32 Å². The molecule has 1 fully saturated rings. The minimum atomic E-state index is 0.612. The molecule has 1 heteroatoms. The summed E-state index contributed by atoms with van der Waals surface area (Å²) in [6.45, 7) is 10.6. The third-order valence-electron chi connectivity index (χ3n) is 3.81. The summed E-state index contributed by atoms with van der Waals surface area (Å²) in [4.78, 5) is 0. The summed E-state index contributed by atoms with van der Waals surface area (Å²) in [5.41, 5.74) is 0.612. The van der Waals surface area contributed by atoms with E-state index in [1.807, 2.05) is 0 Å². The highest BCUT2D eigenvalue weighted by molar-refractivity contribution is 4.83. The Hall–Kier alpha value is -0.0400. The van der Waals surface area contributed by atoms with Gasteiger partial charge in [0.1, 0.15) is 0 Å². The molecule has 1 atom stereocenters. The Bertz CT molecular complexity index is 153. The second kappa shape index (κ2) is 5.16. The van der Waals surface area contributed by atoms with Crippen LogP contribution in [0.4, 0.5) is 0 Å². The second-order valence-corrected chi connectivity index (χ2v) is 5.74. The zero-order valence-electron chi connectivity index (χ0n) is 10.4. The molecule has 0 aromatic rings. The lowest BCUT2D eigenvalue weighted by molar-refractivity contribution is 0.166. The van der Waals surface area contributed by atoms with Crippen LogP contribution in [0, 0.1) is 11.3 Å². The summed E-state index contributed by atoms with van der Waals surface area (Å²) in [5.74, 6) is 0.926. The molecule has 1 unspecified atom stereocenters. The fourth-order valence-corrected chi connectivity index (χ4v) is 2.46. The van der Waals surface area contributed by atoms with Crippen molar-refractivity contribution in [2.24, 2.45) is 11.3 Å². The molecule has 0 aromatic heterocycles. The lowest BCUT2D eigenvalue weighted by atomic mass is 9.71. The van der Waals surface area contributed by atoms with Gasteiger partial charge in [0.2, 0.25) is 0 Å². The van der Waals surface area contributed by atoms with E-state index in [2.05, 4.69) is 33.0 Å². The molecule has 0 bridgehead atoms. The van der Waals surface area contributed by atoms with Gasteiger partial charge in [-0.3, -0.25) is 0 Å². The predicted octanol–water partition coefficient (Wildman–Crippen LogP) is 3.59. The molecule has 1 N–H and O–H groups in total. The SMILES string of the molecule is CCCNC(C)C1CCC(C)(C)CC1. The molecule has 0 amide bonds. The van der Waals surface area contributed by atoms with Crippen LogP contribution in [0.25, 0.3) is 0 Å². The number of rotatable bonds is 4. The van der Waals surface area contributed by atoms with Crippen molar-refractivity contribution in [1.29, 1.82) is 0 Å². The Kier molecular flexibility index (Phi) is 4.43. The Morgan fingerprint density at radius 1 is 1.29 bits per heavy atom. The standard InChI is InChI=1S/C13H27N/c1-5-10-14-11(2)12-6-8-13(3,4)9-7-12/h11-12,14H,5-10H2,1-4H3. The van der Waals surface area contributed by atoms with Gasteiger partial charge in [-0.2, -0.15) is 0 Å². The topological polar surface area (TPSA) is 12.0 Å². The summed E-state index contributed by atoms with van der Waals surface area (Å²) in [6.07, 6.45) is 6.92. The third kappa shape index (κ3) is 3.61. The second-order valence-electron chi connectivity index (χ2n) is 5.74. The maximum atomic E-state index is 3.63. The van der Waals surface area contributed by atoms with E-state index in [1.165, 1.54) is 38.6 Å². The molecule has 1 rings (SSSR count). The first-order chi connectivity index (χ1) is 6.55. The van der Waals surface area contributed by atoms with Crippen molar-refractivity contribution in [3.05, 3.63) is 0 Å². The van der Waals surface area contributed by atoms with Gasteiger partial charge in [-0.1, -0.05) is 20.8 Å². The average Bonchev–Trinajstić information content (AvgIpc) is 2.14. The van der Waals surface area contributed by atoms with Gasteiger partial charge in [-0.05, 0) is 56.9 Å². The molecule has 1 nitrogen and oxygen atoms in total. The van der Waals surface area contributed by atoms with Crippen LogP contribution in [-0.2, 0) is 0 Å². The van der Waals surface area contributed by atoms with E-state index in [0.717, 1.165) is 12.0 Å². The molecular formula is C13H27N. The van der Waals surface area contributed by atoms with Crippen molar-refractivity contribution in [3.63, 3.8) is 0 Å². The average molecular weight is 197 g/mol. The number of nitrogens with one attached hydrogen (secondary N) is 1. The normalized spacial score (nSPS) is 24.9. The first kappa shape index (κ1) is 12.0. The van der Waals surface area contributed by atoms with Crippen molar-refractivity contribution in [2.75, 3.05) is 6.54 Å². The largest absolute Gasteiger partial charge is 0.314 e. The molecule has 1 aliphatic rings. The van der Waals surface area contributed by atoms with E-state index in [9.17, 15) is 0 Å². The Morgan fingerprint density at radius 2 is 1.86 bits per heavy atom. The smallest absolute Gasteiger partial charge is 0.00670 e. The van der Waals surface area contributed by atoms with Gasteiger partial charge in [-0.25, -0.2) is 0 Å². The summed E-state index contributed by atoms with van der Waals surface area (Å²) in [7, 11) is 0. The van der Waals surface area contributed by atoms with Crippen LogP contribution in [0.3, 0.4) is 0 Å². The van der Waals surface area contributed by atoms with E-state index < -0.39 is 0 Å². The van der Waals surface area contributed by atoms with Crippen molar-refractivity contribution in [2.45, 2.75) is 65.8 Å². The van der Waals surface area contributed by atoms with Gasteiger partial charge in [0, 0.05) is 6.04 Å². The predicted molar refractivity (Wildman–Crippen MR) is 63.5 cm³/mol. The zero-order valence-corrected chi connectivity index (χ0v) is 10.4. The van der Waals surface area contributed by atoms with E-state index in [0.29, 0.717) is 5.41 Å².